The highest BCUT2D eigenvalue weighted by Gasteiger charge is 2.17. The van der Waals surface area contributed by atoms with Gasteiger partial charge in [-0.3, -0.25) is 4.68 Å². The van der Waals surface area contributed by atoms with E-state index in [1.165, 1.54) is 11.3 Å². The minimum Gasteiger partial charge on any atom is -0.496 e. The first kappa shape index (κ1) is 15.9. The van der Waals surface area contributed by atoms with Gasteiger partial charge in [-0.2, -0.15) is 5.10 Å². The molecule has 114 valence electrons. The Balaban J connectivity index is 2.17. The maximum atomic E-state index is 6.27. The molecule has 0 saturated heterocycles. The molecule has 0 bridgehead atoms. The summed E-state index contributed by atoms with van der Waals surface area (Å²) in [6.45, 7) is 6.91. The van der Waals surface area contributed by atoms with Crippen LogP contribution >= 0.6 is 11.6 Å². The quantitative estimate of drug-likeness (QED) is 0.918. The van der Waals surface area contributed by atoms with Gasteiger partial charge in [0, 0.05) is 41.5 Å². The lowest BCUT2D eigenvalue weighted by atomic mass is 10.1. The topological polar surface area (TPSA) is 39.1 Å². The first-order valence-corrected chi connectivity index (χ1v) is 7.38. The van der Waals surface area contributed by atoms with Gasteiger partial charge >= 0.3 is 0 Å². The first-order valence-electron chi connectivity index (χ1n) is 7.00. The number of methoxy groups -OCH3 is 1. The number of nitrogens with zero attached hydrogens (tertiary/aromatic N) is 2. The first-order chi connectivity index (χ1) is 9.95. The van der Waals surface area contributed by atoms with Crippen LogP contribution in [0, 0.1) is 13.8 Å². The molecule has 1 aromatic heterocycles. The fourth-order valence-corrected chi connectivity index (χ4v) is 2.91. The summed E-state index contributed by atoms with van der Waals surface area (Å²) in [5, 5.41) is 8.69. The van der Waals surface area contributed by atoms with Gasteiger partial charge in [-0.15, -0.1) is 0 Å². The normalized spacial score (nSPS) is 12.5. The van der Waals surface area contributed by atoms with Gasteiger partial charge in [-0.1, -0.05) is 17.7 Å². The van der Waals surface area contributed by atoms with Crippen LogP contribution in [0.2, 0.25) is 5.02 Å². The molecule has 0 aliphatic heterocycles. The van der Waals surface area contributed by atoms with E-state index in [2.05, 4.69) is 24.3 Å². The molecule has 2 rings (SSSR count). The summed E-state index contributed by atoms with van der Waals surface area (Å²) in [4.78, 5) is 0. The average Bonchev–Trinajstić information content (AvgIpc) is 2.70. The molecular weight excluding hydrogens is 286 g/mol. The summed E-state index contributed by atoms with van der Waals surface area (Å²) in [6.07, 6.45) is 0. The highest BCUT2D eigenvalue weighted by atomic mass is 35.5. The molecule has 1 atom stereocenters. The van der Waals surface area contributed by atoms with E-state index in [9.17, 15) is 0 Å². The van der Waals surface area contributed by atoms with E-state index < -0.39 is 0 Å². The molecule has 1 unspecified atom stereocenters. The minimum absolute atomic E-state index is 0.194. The van der Waals surface area contributed by atoms with Crippen molar-refractivity contribution in [1.29, 1.82) is 0 Å². The predicted octanol–water partition coefficient (Wildman–Crippen LogP) is 3.55. The van der Waals surface area contributed by atoms with Gasteiger partial charge in [0.25, 0.3) is 0 Å². The average molecular weight is 308 g/mol. The maximum Gasteiger partial charge on any atom is 0.124 e. The van der Waals surface area contributed by atoms with Gasteiger partial charge in [0.1, 0.15) is 5.75 Å². The van der Waals surface area contributed by atoms with Crippen LogP contribution in [0.5, 0.6) is 5.75 Å². The number of hydrogen-bond donors (Lipinski definition) is 1. The number of rotatable bonds is 5. The second kappa shape index (κ2) is 6.50. The molecule has 0 saturated carbocycles. The van der Waals surface area contributed by atoms with Crippen molar-refractivity contribution < 1.29 is 4.74 Å². The highest BCUT2D eigenvalue weighted by Crippen LogP contribution is 2.27. The molecule has 0 aliphatic rings. The number of halogens is 1. The Morgan fingerprint density at radius 1 is 1.38 bits per heavy atom. The van der Waals surface area contributed by atoms with E-state index in [4.69, 9.17) is 16.3 Å². The number of hydrogen-bond acceptors (Lipinski definition) is 3. The van der Waals surface area contributed by atoms with Crippen molar-refractivity contribution >= 4 is 11.6 Å². The predicted molar refractivity (Wildman–Crippen MR) is 85.9 cm³/mol. The third-order valence-corrected chi connectivity index (χ3v) is 4.23. The van der Waals surface area contributed by atoms with Crippen LogP contribution in [0.25, 0.3) is 0 Å². The number of benzene rings is 1. The van der Waals surface area contributed by atoms with E-state index in [1.54, 1.807) is 7.11 Å². The Kier molecular flexibility index (Phi) is 4.91. The monoisotopic (exact) mass is 307 g/mol. The molecule has 21 heavy (non-hydrogen) atoms. The van der Waals surface area contributed by atoms with Gasteiger partial charge in [0.15, 0.2) is 0 Å². The van der Waals surface area contributed by atoms with Gasteiger partial charge in [0.2, 0.25) is 0 Å². The zero-order chi connectivity index (χ0) is 15.6. The van der Waals surface area contributed by atoms with Gasteiger partial charge < -0.3 is 10.1 Å². The zero-order valence-corrected chi connectivity index (χ0v) is 14.0. The van der Waals surface area contributed by atoms with Crippen LogP contribution in [0.15, 0.2) is 18.2 Å². The van der Waals surface area contributed by atoms with Crippen molar-refractivity contribution in [3.63, 3.8) is 0 Å². The molecule has 0 radical (unpaired) electrons. The summed E-state index contributed by atoms with van der Waals surface area (Å²) >= 11 is 6.27. The molecule has 1 heterocycles. The van der Waals surface area contributed by atoms with Gasteiger partial charge in [0.05, 0.1) is 12.8 Å². The SMILES string of the molecule is COc1cccc(Cl)c1CNC(C)c1c(C)nn(C)c1C. The van der Waals surface area contributed by atoms with Crippen LogP contribution in [-0.2, 0) is 13.6 Å². The molecule has 0 spiro atoms. The lowest BCUT2D eigenvalue weighted by Crippen LogP contribution is -2.20. The summed E-state index contributed by atoms with van der Waals surface area (Å²) in [7, 11) is 3.63. The zero-order valence-electron chi connectivity index (χ0n) is 13.2. The Labute approximate surface area is 131 Å². The van der Waals surface area contributed by atoms with Crippen molar-refractivity contribution in [2.45, 2.75) is 33.4 Å². The lowest BCUT2D eigenvalue weighted by Gasteiger charge is -2.17. The largest absolute Gasteiger partial charge is 0.496 e. The molecule has 2 aromatic rings. The molecular formula is C16H22ClN3O. The molecule has 1 N–H and O–H groups in total. The third kappa shape index (κ3) is 3.22. The molecule has 0 amide bonds. The number of aromatic nitrogens is 2. The fourth-order valence-electron chi connectivity index (χ4n) is 2.68. The van der Waals surface area contributed by atoms with E-state index in [1.807, 2.05) is 36.9 Å². The van der Waals surface area contributed by atoms with E-state index in [0.717, 1.165) is 17.0 Å². The van der Waals surface area contributed by atoms with Gasteiger partial charge in [-0.25, -0.2) is 0 Å². The fraction of sp³-hybridized carbons (Fsp3) is 0.438. The smallest absolute Gasteiger partial charge is 0.124 e. The second-order valence-electron chi connectivity index (χ2n) is 5.23. The van der Waals surface area contributed by atoms with E-state index >= 15 is 0 Å². The van der Waals surface area contributed by atoms with Crippen molar-refractivity contribution in [2.24, 2.45) is 7.05 Å². The van der Waals surface area contributed by atoms with Crippen LogP contribution in [0.1, 0.15) is 35.5 Å². The van der Waals surface area contributed by atoms with Crippen molar-refractivity contribution in [3.05, 3.63) is 45.7 Å². The standard InChI is InChI=1S/C16H22ClN3O/c1-10(16-11(2)19-20(4)12(16)3)18-9-13-14(17)7-6-8-15(13)21-5/h6-8,10,18H,9H2,1-5H3. The van der Waals surface area contributed by atoms with Crippen LogP contribution in [0.4, 0.5) is 0 Å². The number of aryl methyl sites for hydroxylation is 2. The van der Waals surface area contributed by atoms with E-state index in [-0.39, 0.29) is 6.04 Å². The molecule has 5 heteroatoms. The maximum absolute atomic E-state index is 6.27. The highest BCUT2D eigenvalue weighted by molar-refractivity contribution is 6.31. The molecule has 0 aliphatic carbocycles. The molecule has 1 aromatic carbocycles. The second-order valence-corrected chi connectivity index (χ2v) is 5.64. The van der Waals surface area contributed by atoms with Crippen molar-refractivity contribution in [3.8, 4) is 5.75 Å². The summed E-state index contributed by atoms with van der Waals surface area (Å²) in [6, 6.07) is 5.89. The number of ether oxygens (including phenoxy) is 1. The van der Waals surface area contributed by atoms with Crippen LogP contribution < -0.4 is 10.1 Å². The summed E-state index contributed by atoms with van der Waals surface area (Å²) in [5.41, 5.74) is 4.45. The van der Waals surface area contributed by atoms with Crippen molar-refractivity contribution in [1.82, 2.24) is 15.1 Å². The van der Waals surface area contributed by atoms with Crippen LogP contribution in [0.3, 0.4) is 0 Å². The Morgan fingerprint density at radius 3 is 2.67 bits per heavy atom. The summed E-state index contributed by atoms with van der Waals surface area (Å²) < 4.78 is 7.29. The third-order valence-electron chi connectivity index (χ3n) is 3.88. The Bertz CT molecular complexity index is 637. The van der Waals surface area contributed by atoms with Crippen molar-refractivity contribution in [2.75, 3.05) is 7.11 Å². The Hall–Kier alpha value is -1.52. The minimum atomic E-state index is 0.194. The lowest BCUT2D eigenvalue weighted by molar-refractivity contribution is 0.406. The van der Waals surface area contributed by atoms with Crippen LogP contribution in [-0.4, -0.2) is 16.9 Å². The summed E-state index contributed by atoms with van der Waals surface area (Å²) in [5.74, 6) is 0.807. The molecule has 0 fully saturated rings. The Morgan fingerprint density at radius 2 is 2.10 bits per heavy atom. The molecule has 4 nitrogen and oxygen atoms in total. The van der Waals surface area contributed by atoms with Gasteiger partial charge in [-0.05, 0) is 32.9 Å². The van der Waals surface area contributed by atoms with E-state index in [0.29, 0.717) is 11.6 Å². The number of nitrogens with one attached hydrogen (secondary N) is 1.